The molecular weight excluding hydrogens is 526 g/mol. The van der Waals surface area contributed by atoms with Crippen molar-refractivity contribution in [3.05, 3.63) is 103 Å². The first-order chi connectivity index (χ1) is 18.6. The molecule has 0 saturated heterocycles. The van der Waals surface area contributed by atoms with E-state index in [1.54, 1.807) is 74.9 Å². The average Bonchev–Trinajstić information content (AvgIpc) is 2.97. The lowest BCUT2D eigenvalue weighted by atomic mass is 10.2. The summed E-state index contributed by atoms with van der Waals surface area (Å²) < 4.78 is 53.4. The van der Waals surface area contributed by atoms with E-state index in [-0.39, 0.29) is 6.61 Å². The fourth-order valence-corrected chi connectivity index (χ4v) is 5.39. The molecule has 0 aliphatic rings. The van der Waals surface area contributed by atoms with Crippen LogP contribution in [0.4, 0.5) is 0 Å². The molecule has 0 heterocycles. The van der Waals surface area contributed by atoms with E-state index >= 15 is 0 Å². The van der Waals surface area contributed by atoms with Crippen molar-refractivity contribution in [2.45, 2.75) is 6.61 Å². The van der Waals surface area contributed by atoms with Gasteiger partial charge in [0.1, 0.15) is 0 Å². The number of rotatable bonds is 13. The van der Waals surface area contributed by atoms with Crippen molar-refractivity contribution in [2.24, 2.45) is 0 Å². The monoisotopic (exact) mass is 553 g/mol. The van der Waals surface area contributed by atoms with E-state index in [1.807, 2.05) is 36.4 Å². The molecule has 4 aromatic carbocycles. The SMILES string of the molecule is COc1ccccc1OP(OCc1ccccc1O[P+](=O)c1ccccc1OC)Oc1ccccc1OC. The van der Waals surface area contributed by atoms with Crippen LogP contribution in [0.1, 0.15) is 5.56 Å². The Morgan fingerprint density at radius 1 is 0.579 bits per heavy atom. The first-order valence-corrected chi connectivity index (χ1v) is 13.8. The fourth-order valence-electron chi connectivity index (χ4n) is 3.37. The van der Waals surface area contributed by atoms with Gasteiger partial charge in [-0.15, -0.1) is 0 Å². The Kier molecular flexibility index (Phi) is 9.77. The highest BCUT2D eigenvalue weighted by atomic mass is 31.2. The van der Waals surface area contributed by atoms with Gasteiger partial charge in [-0.05, 0) is 47.0 Å². The highest BCUT2D eigenvalue weighted by Crippen LogP contribution is 2.47. The molecule has 0 saturated carbocycles. The molecule has 8 nitrogen and oxygen atoms in total. The lowest BCUT2D eigenvalue weighted by Crippen LogP contribution is -2.06. The Morgan fingerprint density at radius 3 is 1.58 bits per heavy atom. The quantitative estimate of drug-likeness (QED) is 0.163. The lowest BCUT2D eigenvalue weighted by molar-refractivity contribution is 0.248. The third kappa shape index (κ3) is 6.93. The smallest absolute Gasteiger partial charge is 0.493 e. The minimum atomic E-state index is -2.23. The predicted molar refractivity (Wildman–Crippen MR) is 146 cm³/mol. The normalized spacial score (nSPS) is 11.0. The van der Waals surface area contributed by atoms with Crippen molar-refractivity contribution in [1.29, 1.82) is 0 Å². The molecule has 0 aromatic heterocycles. The van der Waals surface area contributed by atoms with Crippen LogP contribution in [0.15, 0.2) is 97.1 Å². The highest BCUT2D eigenvalue weighted by Gasteiger charge is 2.30. The second kappa shape index (κ2) is 13.6. The third-order valence-electron chi connectivity index (χ3n) is 5.25. The standard InChI is InChI=1S/C28H27O8P2/c1-30-23-14-6-8-16-25(23)35-38(36-26-17-9-7-15-24(26)31-2)33-20-21-12-4-5-13-22(21)34-37(29)28-19-11-10-18-27(28)32-3/h4-19H,20H2,1-3H3/q+1. The minimum Gasteiger partial charge on any atom is -0.493 e. The van der Waals surface area contributed by atoms with E-state index in [1.165, 1.54) is 7.11 Å². The summed E-state index contributed by atoms with van der Waals surface area (Å²) in [6, 6.07) is 28.6. The van der Waals surface area contributed by atoms with Crippen molar-refractivity contribution in [3.8, 4) is 34.5 Å². The van der Waals surface area contributed by atoms with Crippen molar-refractivity contribution in [1.82, 2.24) is 0 Å². The van der Waals surface area contributed by atoms with Crippen molar-refractivity contribution < 1.29 is 36.9 Å². The van der Waals surface area contributed by atoms with E-state index in [0.717, 1.165) is 0 Å². The molecule has 1 unspecified atom stereocenters. The number of ether oxygens (including phenoxy) is 3. The zero-order valence-electron chi connectivity index (χ0n) is 21.1. The Morgan fingerprint density at radius 2 is 1.03 bits per heavy atom. The number of hydrogen-bond donors (Lipinski definition) is 0. The molecule has 38 heavy (non-hydrogen) atoms. The maximum atomic E-state index is 13.0. The maximum Gasteiger partial charge on any atom is 0.601 e. The molecule has 0 radical (unpaired) electrons. The molecule has 4 rings (SSSR count). The van der Waals surface area contributed by atoms with Gasteiger partial charge in [0.15, 0.2) is 34.5 Å². The molecule has 0 N–H and O–H groups in total. The van der Waals surface area contributed by atoms with E-state index in [4.69, 9.17) is 32.3 Å². The van der Waals surface area contributed by atoms with Gasteiger partial charge in [-0.3, -0.25) is 4.52 Å². The second-order valence-corrected chi connectivity index (χ2v) is 9.86. The Hall–Kier alpha value is -3.83. The van der Waals surface area contributed by atoms with Crippen LogP contribution in [0.3, 0.4) is 0 Å². The molecular formula is C28H27O8P2+. The van der Waals surface area contributed by atoms with Gasteiger partial charge in [0, 0.05) is 5.56 Å². The molecule has 4 aromatic rings. The third-order valence-corrected chi connectivity index (χ3v) is 7.40. The van der Waals surface area contributed by atoms with E-state index in [9.17, 15) is 4.57 Å². The highest BCUT2D eigenvalue weighted by molar-refractivity contribution is 7.49. The molecule has 196 valence electrons. The number of methoxy groups -OCH3 is 3. The molecule has 0 amide bonds. The minimum absolute atomic E-state index is 0.0568. The molecule has 10 heteroatoms. The summed E-state index contributed by atoms with van der Waals surface area (Å²) >= 11 is 0. The average molecular weight is 553 g/mol. The Balaban J connectivity index is 1.55. The summed E-state index contributed by atoms with van der Waals surface area (Å²) in [5, 5.41) is 0.460. The second-order valence-electron chi connectivity index (χ2n) is 7.61. The van der Waals surface area contributed by atoms with Gasteiger partial charge < -0.3 is 23.3 Å². The summed E-state index contributed by atoms with van der Waals surface area (Å²) in [6.07, 6.45) is 0. The van der Waals surface area contributed by atoms with Crippen LogP contribution in [0.5, 0.6) is 34.5 Å². The first-order valence-electron chi connectivity index (χ1n) is 11.5. The molecule has 0 fully saturated rings. The van der Waals surface area contributed by atoms with Crippen LogP contribution >= 0.6 is 16.6 Å². The van der Waals surface area contributed by atoms with Gasteiger partial charge in [-0.25, -0.2) is 4.52 Å². The summed E-state index contributed by atoms with van der Waals surface area (Å²) in [5.41, 5.74) is 0.658. The molecule has 1 atom stereocenters. The predicted octanol–water partition coefficient (Wildman–Crippen LogP) is 7.06. The van der Waals surface area contributed by atoms with Gasteiger partial charge in [0.2, 0.25) is 0 Å². The maximum absolute atomic E-state index is 13.0. The van der Waals surface area contributed by atoms with Crippen LogP contribution < -0.4 is 33.1 Å². The van der Waals surface area contributed by atoms with Crippen LogP contribution in [0.2, 0.25) is 0 Å². The Bertz CT molecular complexity index is 1310. The Labute approximate surface area is 223 Å². The van der Waals surface area contributed by atoms with Crippen molar-refractivity contribution in [3.63, 3.8) is 0 Å². The summed E-state index contributed by atoms with van der Waals surface area (Å²) in [6.45, 7) is 0.0568. The van der Waals surface area contributed by atoms with Crippen LogP contribution in [-0.4, -0.2) is 21.3 Å². The van der Waals surface area contributed by atoms with E-state index < -0.39 is 16.6 Å². The summed E-state index contributed by atoms with van der Waals surface area (Å²) in [4.78, 5) is 0. The van der Waals surface area contributed by atoms with Gasteiger partial charge in [-0.2, -0.15) is 0 Å². The number of benzene rings is 4. The number of hydrogen-bond acceptors (Lipinski definition) is 8. The van der Waals surface area contributed by atoms with E-state index in [0.29, 0.717) is 45.4 Å². The van der Waals surface area contributed by atoms with Crippen LogP contribution in [0.25, 0.3) is 0 Å². The van der Waals surface area contributed by atoms with Gasteiger partial charge >= 0.3 is 16.6 Å². The first kappa shape index (κ1) is 27.2. The fraction of sp³-hybridized carbons (Fsp3) is 0.143. The summed E-state index contributed by atoms with van der Waals surface area (Å²) in [5.74, 6) is 2.87. The van der Waals surface area contributed by atoms with Gasteiger partial charge in [-0.1, -0.05) is 54.6 Å². The molecule has 0 spiro atoms. The molecule has 0 aliphatic heterocycles. The van der Waals surface area contributed by atoms with Gasteiger partial charge in [0.25, 0.3) is 5.30 Å². The zero-order valence-corrected chi connectivity index (χ0v) is 22.9. The van der Waals surface area contributed by atoms with Gasteiger partial charge in [0.05, 0.1) is 27.9 Å². The summed E-state index contributed by atoms with van der Waals surface area (Å²) in [7, 11) is 0.432. The van der Waals surface area contributed by atoms with Crippen LogP contribution in [-0.2, 0) is 15.7 Å². The number of para-hydroxylation sites is 6. The van der Waals surface area contributed by atoms with E-state index in [2.05, 4.69) is 0 Å². The van der Waals surface area contributed by atoms with Crippen molar-refractivity contribution in [2.75, 3.05) is 21.3 Å². The van der Waals surface area contributed by atoms with Crippen molar-refractivity contribution >= 4 is 21.9 Å². The topological polar surface area (TPSA) is 81.7 Å². The largest absolute Gasteiger partial charge is 0.601 e. The molecule has 0 aliphatic carbocycles. The molecule has 0 bridgehead atoms. The zero-order chi connectivity index (χ0) is 26.7. The van der Waals surface area contributed by atoms with Crippen LogP contribution in [0, 0.1) is 0 Å². The lowest BCUT2D eigenvalue weighted by Gasteiger charge is -2.20.